The van der Waals surface area contributed by atoms with E-state index in [9.17, 15) is 0 Å². The molecule has 140 valence electrons. The summed E-state index contributed by atoms with van der Waals surface area (Å²) in [7, 11) is 2.22. The second-order valence-corrected chi connectivity index (χ2v) is 10.6. The molecule has 4 rings (SSSR count). The Kier molecular flexibility index (Phi) is 4.51. The van der Waals surface area contributed by atoms with Crippen molar-refractivity contribution in [3.8, 4) is 11.3 Å². The van der Waals surface area contributed by atoms with Crippen LogP contribution in [-0.2, 0) is 10.8 Å². The van der Waals surface area contributed by atoms with E-state index in [2.05, 4.69) is 63.2 Å². The minimum Gasteiger partial charge on any atom is -0.306 e. The number of likely N-dealkylation sites (tertiary alicyclic amines) is 1. The maximum Gasteiger partial charge on any atom is 0.0964 e. The summed E-state index contributed by atoms with van der Waals surface area (Å²) < 4.78 is 0. The van der Waals surface area contributed by atoms with Crippen LogP contribution in [0.25, 0.3) is 11.3 Å². The molecule has 0 unspecified atom stereocenters. The summed E-state index contributed by atoms with van der Waals surface area (Å²) in [6.07, 6.45) is 5.02. The molecular formula is C23H32N2S. The lowest BCUT2D eigenvalue weighted by Crippen LogP contribution is -2.33. The van der Waals surface area contributed by atoms with Crippen molar-refractivity contribution in [2.75, 3.05) is 20.1 Å². The largest absolute Gasteiger partial charge is 0.306 e. The molecule has 0 bridgehead atoms. The van der Waals surface area contributed by atoms with Crippen LogP contribution in [-0.4, -0.2) is 30.0 Å². The normalized spacial score (nSPS) is 23.0. The quantitative estimate of drug-likeness (QED) is 0.649. The van der Waals surface area contributed by atoms with Crippen LogP contribution in [0.2, 0.25) is 0 Å². The van der Waals surface area contributed by atoms with Gasteiger partial charge in [0.05, 0.1) is 10.7 Å². The van der Waals surface area contributed by atoms with Gasteiger partial charge in [0, 0.05) is 16.9 Å². The van der Waals surface area contributed by atoms with Gasteiger partial charge in [-0.25, -0.2) is 4.98 Å². The average Bonchev–Trinajstić information content (AvgIpc) is 3.09. The fourth-order valence-electron chi connectivity index (χ4n) is 4.61. The Balaban J connectivity index is 1.65. The van der Waals surface area contributed by atoms with Crippen molar-refractivity contribution in [2.45, 2.75) is 70.1 Å². The number of fused-ring (bicyclic) bond motifs is 1. The van der Waals surface area contributed by atoms with Crippen LogP contribution < -0.4 is 0 Å². The van der Waals surface area contributed by atoms with E-state index in [4.69, 9.17) is 4.98 Å². The number of nitrogens with zero attached hydrogens (tertiary/aromatic N) is 2. The van der Waals surface area contributed by atoms with Crippen LogP contribution in [0.15, 0.2) is 23.6 Å². The van der Waals surface area contributed by atoms with E-state index >= 15 is 0 Å². The predicted molar refractivity (Wildman–Crippen MR) is 112 cm³/mol. The van der Waals surface area contributed by atoms with E-state index in [1.807, 2.05) is 11.3 Å². The molecule has 1 aromatic carbocycles. The summed E-state index contributed by atoms with van der Waals surface area (Å²) in [6, 6.07) is 7.11. The second kappa shape index (κ2) is 6.45. The Hall–Kier alpha value is -1.19. The van der Waals surface area contributed by atoms with E-state index in [1.54, 1.807) is 0 Å². The molecule has 0 atom stereocenters. The highest BCUT2D eigenvalue weighted by Crippen LogP contribution is 2.47. The van der Waals surface area contributed by atoms with Crippen molar-refractivity contribution in [1.29, 1.82) is 0 Å². The Bertz CT molecular complexity index is 794. The van der Waals surface area contributed by atoms with Crippen LogP contribution in [0, 0.1) is 0 Å². The maximum absolute atomic E-state index is 5.06. The maximum atomic E-state index is 5.06. The summed E-state index contributed by atoms with van der Waals surface area (Å²) in [5.41, 5.74) is 6.07. The molecule has 0 radical (unpaired) electrons. The van der Waals surface area contributed by atoms with Crippen molar-refractivity contribution in [3.63, 3.8) is 0 Å². The third-order valence-corrected chi connectivity index (χ3v) is 7.75. The summed E-state index contributed by atoms with van der Waals surface area (Å²) in [5, 5.41) is 3.61. The number of aromatic nitrogens is 1. The number of benzene rings is 1. The second-order valence-electron chi connectivity index (χ2n) is 9.68. The van der Waals surface area contributed by atoms with E-state index in [1.165, 1.54) is 66.2 Å². The van der Waals surface area contributed by atoms with Crippen molar-refractivity contribution in [2.24, 2.45) is 0 Å². The first-order chi connectivity index (χ1) is 12.3. The topological polar surface area (TPSA) is 16.1 Å². The van der Waals surface area contributed by atoms with Gasteiger partial charge in [0.1, 0.15) is 0 Å². The molecule has 0 saturated carbocycles. The van der Waals surface area contributed by atoms with Crippen LogP contribution in [0.1, 0.15) is 75.4 Å². The van der Waals surface area contributed by atoms with Crippen molar-refractivity contribution >= 4 is 11.3 Å². The first kappa shape index (κ1) is 18.2. The molecular weight excluding hydrogens is 336 g/mol. The molecule has 26 heavy (non-hydrogen) atoms. The van der Waals surface area contributed by atoms with Gasteiger partial charge in [-0.05, 0) is 73.8 Å². The zero-order chi connectivity index (χ0) is 18.5. The Morgan fingerprint density at radius 2 is 1.65 bits per heavy atom. The Labute approximate surface area is 162 Å². The van der Waals surface area contributed by atoms with Crippen LogP contribution in [0.4, 0.5) is 0 Å². The third-order valence-electron chi connectivity index (χ3n) is 6.74. The zero-order valence-corrected chi connectivity index (χ0v) is 17.7. The third kappa shape index (κ3) is 3.25. The molecule has 2 aliphatic rings. The van der Waals surface area contributed by atoms with Gasteiger partial charge in [-0.1, -0.05) is 39.8 Å². The van der Waals surface area contributed by atoms with Crippen molar-refractivity contribution in [3.05, 3.63) is 39.7 Å². The van der Waals surface area contributed by atoms with Gasteiger partial charge in [-0.2, -0.15) is 0 Å². The van der Waals surface area contributed by atoms with Crippen LogP contribution in [0.3, 0.4) is 0 Å². The molecule has 2 heterocycles. The molecule has 1 aliphatic heterocycles. The van der Waals surface area contributed by atoms with E-state index in [0.717, 1.165) is 0 Å². The minimum absolute atomic E-state index is 0.258. The summed E-state index contributed by atoms with van der Waals surface area (Å²) >= 11 is 1.86. The molecule has 0 amide bonds. The first-order valence-corrected chi connectivity index (χ1v) is 10.9. The Morgan fingerprint density at radius 1 is 1.00 bits per heavy atom. The molecule has 3 heteroatoms. The molecule has 1 saturated heterocycles. The minimum atomic E-state index is 0.258. The lowest BCUT2D eigenvalue weighted by Gasteiger charge is -2.42. The standard InChI is InChI=1S/C23H32N2S/c1-22(2)10-11-23(3,4)19-14-17(6-7-18(19)22)20-15-26-21(24-20)16-8-12-25(5)13-9-16/h6-7,14-16H,8-13H2,1-5H3. The fraction of sp³-hybridized carbons (Fsp3) is 0.609. The fourth-order valence-corrected chi connectivity index (χ4v) is 5.61. The SMILES string of the molecule is CN1CCC(c2nc(-c3ccc4c(c3)C(C)(C)CCC4(C)C)cs2)CC1. The highest BCUT2D eigenvalue weighted by Gasteiger charge is 2.37. The highest BCUT2D eigenvalue weighted by atomic mass is 32.1. The van der Waals surface area contributed by atoms with Crippen LogP contribution >= 0.6 is 11.3 Å². The zero-order valence-electron chi connectivity index (χ0n) is 16.9. The number of piperidine rings is 1. The predicted octanol–water partition coefficient (Wildman–Crippen LogP) is 5.97. The van der Waals surface area contributed by atoms with Gasteiger partial charge in [0.25, 0.3) is 0 Å². The van der Waals surface area contributed by atoms with Gasteiger partial charge in [0.2, 0.25) is 0 Å². The monoisotopic (exact) mass is 368 g/mol. The first-order valence-electron chi connectivity index (χ1n) is 10.1. The smallest absolute Gasteiger partial charge is 0.0964 e. The van der Waals surface area contributed by atoms with Crippen molar-refractivity contribution in [1.82, 2.24) is 9.88 Å². The van der Waals surface area contributed by atoms with Gasteiger partial charge in [0.15, 0.2) is 0 Å². The number of thiazole rings is 1. The molecule has 1 aromatic heterocycles. The lowest BCUT2D eigenvalue weighted by molar-refractivity contribution is 0.255. The molecule has 1 aliphatic carbocycles. The lowest BCUT2D eigenvalue weighted by atomic mass is 9.63. The average molecular weight is 369 g/mol. The molecule has 2 aromatic rings. The molecule has 0 N–H and O–H groups in total. The molecule has 2 nitrogen and oxygen atoms in total. The summed E-state index contributed by atoms with van der Waals surface area (Å²) in [6.45, 7) is 12.0. The van der Waals surface area contributed by atoms with E-state index in [0.29, 0.717) is 5.92 Å². The van der Waals surface area contributed by atoms with Crippen LogP contribution in [0.5, 0.6) is 0 Å². The van der Waals surface area contributed by atoms with Gasteiger partial charge >= 0.3 is 0 Å². The van der Waals surface area contributed by atoms with E-state index in [-0.39, 0.29) is 10.8 Å². The van der Waals surface area contributed by atoms with Gasteiger partial charge in [-0.15, -0.1) is 11.3 Å². The number of hydrogen-bond acceptors (Lipinski definition) is 3. The van der Waals surface area contributed by atoms with E-state index < -0.39 is 0 Å². The molecule has 0 spiro atoms. The highest BCUT2D eigenvalue weighted by molar-refractivity contribution is 7.10. The Morgan fingerprint density at radius 3 is 2.35 bits per heavy atom. The summed E-state index contributed by atoms with van der Waals surface area (Å²) in [5.74, 6) is 0.651. The number of hydrogen-bond donors (Lipinski definition) is 0. The van der Waals surface area contributed by atoms with Crippen molar-refractivity contribution < 1.29 is 0 Å². The number of rotatable bonds is 2. The summed E-state index contributed by atoms with van der Waals surface area (Å²) in [4.78, 5) is 7.49. The van der Waals surface area contributed by atoms with Gasteiger partial charge in [-0.3, -0.25) is 0 Å². The molecule has 1 fully saturated rings. The van der Waals surface area contributed by atoms with Gasteiger partial charge < -0.3 is 4.90 Å².